The van der Waals surface area contributed by atoms with E-state index in [1.807, 2.05) is 73.3 Å². The van der Waals surface area contributed by atoms with Gasteiger partial charge in [0.05, 0.1) is 7.11 Å². The van der Waals surface area contributed by atoms with Crippen molar-refractivity contribution in [1.29, 1.82) is 0 Å². The summed E-state index contributed by atoms with van der Waals surface area (Å²) in [4.78, 5) is 23.9. The molecule has 0 fully saturated rings. The molecule has 1 N–H and O–H groups in total. The number of aryl methyl sites for hydroxylation is 1. The highest BCUT2D eigenvalue weighted by Gasteiger charge is 2.21. The fourth-order valence-electron chi connectivity index (χ4n) is 3.01. The summed E-state index contributed by atoms with van der Waals surface area (Å²) in [7, 11) is 1.62. The second-order valence-corrected chi connectivity index (χ2v) is 7.05. The van der Waals surface area contributed by atoms with Crippen LogP contribution in [0.25, 0.3) is 0 Å². The lowest BCUT2D eigenvalue weighted by molar-refractivity contribution is 0.0684. The highest BCUT2D eigenvalue weighted by molar-refractivity contribution is 5.93. The molecule has 1 aromatic heterocycles. The largest absolute Gasteiger partial charge is 0.497 e. The minimum Gasteiger partial charge on any atom is -0.497 e. The number of methoxy groups -OCH3 is 1. The summed E-state index contributed by atoms with van der Waals surface area (Å²) in [6, 6.07) is 19.2. The van der Waals surface area contributed by atoms with Gasteiger partial charge < -0.3 is 15.0 Å². The second-order valence-electron chi connectivity index (χ2n) is 7.05. The number of ether oxygens (including phenoxy) is 1. The lowest BCUT2D eigenvalue weighted by Crippen LogP contribution is -2.37. The topological polar surface area (TPSA) is 67.3 Å². The summed E-state index contributed by atoms with van der Waals surface area (Å²) < 4.78 is 5.26. The lowest BCUT2D eigenvalue weighted by Gasteiger charge is -2.26. The molecular weight excluding hydrogens is 364 g/mol. The van der Waals surface area contributed by atoms with Crippen molar-refractivity contribution >= 4 is 17.4 Å². The molecule has 0 bridgehead atoms. The quantitative estimate of drug-likeness (QED) is 0.639. The van der Waals surface area contributed by atoms with Crippen molar-refractivity contribution in [3.05, 3.63) is 77.7 Å². The van der Waals surface area contributed by atoms with E-state index in [2.05, 4.69) is 15.3 Å². The van der Waals surface area contributed by atoms with Crippen LogP contribution in [0.1, 0.15) is 35.7 Å². The van der Waals surface area contributed by atoms with Crippen molar-refractivity contribution in [3.63, 3.8) is 0 Å². The Kier molecular flexibility index (Phi) is 6.44. The molecule has 0 radical (unpaired) electrons. The molecule has 2 aromatic carbocycles. The first-order valence-corrected chi connectivity index (χ1v) is 9.58. The maximum Gasteiger partial charge on any atom is 0.273 e. The number of aromatic nitrogens is 2. The zero-order valence-corrected chi connectivity index (χ0v) is 17.2. The zero-order valence-electron chi connectivity index (χ0n) is 17.2. The standard InChI is InChI=1S/C23H26N4O2/c1-16(2)27(15-18-9-6-5-7-10-18)23(28)21-14-22(25-17(3)24-21)26-19-11-8-12-20(13-19)29-4/h5-14,16H,15H2,1-4H3,(H,24,25,26). The van der Waals surface area contributed by atoms with Gasteiger partial charge in [-0.1, -0.05) is 36.4 Å². The van der Waals surface area contributed by atoms with E-state index in [0.717, 1.165) is 17.0 Å². The maximum absolute atomic E-state index is 13.2. The van der Waals surface area contributed by atoms with Crippen LogP contribution in [0, 0.1) is 6.92 Å². The van der Waals surface area contributed by atoms with Gasteiger partial charge in [-0.15, -0.1) is 0 Å². The van der Waals surface area contributed by atoms with Gasteiger partial charge in [0.25, 0.3) is 5.91 Å². The molecule has 0 atom stereocenters. The molecule has 0 aliphatic heterocycles. The van der Waals surface area contributed by atoms with Crippen LogP contribution < -0.4 is 10.1 Å². The van der Waals surface area contributed by atoms with E-state index < -0.39 is 0 Å². The molecule has 29 heavy (non-hydrogen) atoms. The van der Waals surface area contributed by atoms with Crippen LogP contribution in [0.3, 0.4) is 0 Å². The molecule has 3 rings (SSSR count). The Morgan fingerprint density at radius 2 is 1.83 bits per heavy atom. The fraction of sp³-hybridized carbons (Fsp3) is 0.261. The Balaban J connectivity index is 1.85. The number of amides is 1. The van der Waals surface area contributed by atoms with E-state index in [0.29, 0.717) is 23.9 Å². The van der Waals surface area contributed by atoms with Crippen molar-refractivity contribution in [2.24, 2.45) is 0 Å². The average molecular weight is 390 g/mol. The minimum atomic E-state index is -0.122. The van der Waals surface area contributed by atoms with E-state index in [-0.39, 0.29) is 11.9 Å². The monoisotopic (exact) mass is 390 g/mol. The third-order valence-corrected chi connectivity index (χ3v) is 4.48. The van der Waals surface area contributed by atoms with Crippen LogP contribution >= 0.6 is 0 Å². The molecule has 6 nitrogen and oxygen atoms in total. The number of hydrogen-bond acceptors (Lipinski definition) is 5. The van der Waals surface area contributed by atoms with Gasteiger partial charge in [-0.05, 0) is 38.5 Å². The molecular formula is C23H26N4O2. The van der Waals surface area contributed by atoms with E-state index >= 15 is 0 Å². The lowest BCUT2D eigenvalue weighted by atomic mass is 10.1. The van der Waals surface area contributed by atoms with E-state index in [1.165, 1.54) is 0 Å². The van der Waals surface area contributed by atoms with Gasteiger partial charge in [0, 0.05) is 30.4 Å². The third kappa shape index (κ3) is 5.31. The molecule has 0 saturated heterocycles. The first-order chi connectivity index (χ1) is 14.0. The summed E-state index contributed by atoms with van der Waals surface area (Å²) in [5.74, 6) is 1.72. The number of hydrogen-bond donors (Lipinski definition) is 1. The van der Waals surface area contributed by atoms with E-state index in [9.17, 15) is 4.79 Å². The molecule has 1 amide bonds. The van der Waals surface area contributed by atoms with Gasteiger partial charge in [-0.3, -0.25) is 4.79 Å². The van der Waals surface area contributed by atoms with Crippen molar-refractivity contribution in [3.8, 4) is 5.75 Å². The maximum atomic E-state index is 13.2. The van der Waals surface area contributed by atoms with Gasteiger partial charge in [-0.2, -0.15) is 0 Å². The fourth-order valence-corrected chi connectivity index (χ4v) is 3.01. The van der Waals surface area contributed by atoms with Crippen molar-refractivity contribution < 1.29 is 9.53 Å². The van der Waals surface area contributed by atoms with Crippen LogP contribution in [0.2, 0.25) is 0 Å². The van der Waals surface area contributed by atoms with Gasteiger partial charge in [0.1, 0.15) is 23.1 Å². The van der Waals surface area contributed by atoms with Crippen molar-refractivity contribution in [2.75, 3.05) is 12.4 Å². The SMILES string of the molecule is COc1cccc(Nc2cc(C(=O)N(Cc3ccccc3)C(C)C)nc(C)n2)c1. The van der Waals surface area contributed by atoms with Crippen LogP contribution in [0.15, 0.2) is 60.7 Å². The third-order valence-electron chi connectivity index (χ3n) is 4.48. The van der Waals surface area contributed by atoms with Crippen molar-refractivity contribution in [2.45, 2.75) is 33.4 Å². The number of carbonyl (C=O) groups is 1. The molecule has 6 heteroatoms. The Labute approximate surface area is 171 Å². The minimum absolute atomic E-state index is 0.0350. The number of anilines is 2. The molecule has 0 saturated carbocycles. The average Bonchev–Trinajstić information content (AvgIpc) is 2.72. The molecule has 0 unspecified atom stereocenters. The molecule has 0 aliphatic carbocycles. The number of nitrogens with zero attached hydrogens (tertiary/aromatic N) is 3. The summed E-state index contributed by atoms with van der Waals surface area (Å²) in [5, 5.41) is 3.23. The van der Waals surface area contributed by atoms with Gasteiger partial charge in [0.15, 0.2) is 0 Å². The Hall–Kier alpha value is -3.41. The second kappa shape index (κ2) is 9.19. The van der Waals surface area contributed by atoms with Crippen LogP contribution in [-0.2, 0) is 6.54 Å². The van der Waals surface area contributed by atoms with Crippen LogP contribution in [0.5, 0.6) is 5.75 Å². The Morgan fingerprint density at radius 1 is 1.07 bits per heavy atom. The number of carbonyl (C=O) groups excluding carboxylic acids is 1. The Bertz CT molecular complexity index is 974. The molecule has 0 spiro atoms. The molecule has 1 heterocycles. The van der Waals surface area contributed by atoms with Gasteiger partial charge >= 0.3 is 0 Å². The molecule has 150 valence electrons. The van der Waals surface area contributed by atoms with Crippen LogP contribution in [-0.4, -0.2) is 33.9 Å². The van der Waals surface area contributed by atoms with Crippen molar-refractivity contribution in [1.82, 2.24) is 14.9 Å². The number of benzene rings is 2. The number of rotatable bonds is 7. The summed E-state index contributed by atoms with van der Waals surface area (Å²) in [6.45, 7) is 6.32. The highest BCUT2D eigenvalue weighted by atomic mass is 16.5. The summed E-state index contributed by atoms with van der Waals surface area (Å²) in [5.41, 5.74) is 2.27. The predicted molar refractivity (Wildman–Crippen MR) is 114 cm³/mol. The van der Waals surface area contributed by atoms with Gasteiger partial charge in [0.2, 0.25) is 0 Å². The Morgan fingerprint density at radius 3 is 2.52 bits per heavy atom. The van der Waals surface area contributed by atoms with E-state index in [4.69, 9.17) is 4.74 Å². The normalized spacial score (nSPS) is 10.7. The summed E-state index contributed by atoms with van der Waals surface area (Å²) >= 11 is 0. The zero-order chi connectivity index (χ0) is 20.8. The first kappa shape index (κ1) is 20.3. The summed E-state index contributed by atoms with van der Waals surface area (Å²) in [6.07, 6.45) is 0. The molecule has 0 aliphatic rings. The van der Waals surface area contributed by atoms with Crippen LogP contribution in [0.4, 0.5) is 11.5 Å². The predicted octanol–water partition coefficient (Wildman–Crippen LogP) is 4.59. The highest BCUT2D eigenvalue weighted by Crippen LogP contribution is 2.21. The van der Waals surface area contributed by atoms with E-state index in [1.54, 1.807) is 20.1 Å². The number of nitrogens with one attached hydrogen (secondary N) is 1. The first-order valence-electron chi connectivity index (χ1n) is 9.58. The smallest absolute Gasteiger partial charge is 0.273 e. The molecule has 3 aromatic rings. The van der Waals surface area contributed by atoms with Gasteiger partial charge in [-0.25, -0.2) is 9.97 Å².